The minimum Gasteiger partial charge on any atom is -0.393 e. The maximum Gasteiger partial charge on any atom is 0.293 e. The predicted octanol–water partition coefficient (Wildman–Crippen LogP) is 1.99. The van der Waals surface area contributed by atoms with Crippen LogP contribution in [-0.4, -0.2) is 30.7 Å². The smallest absolute Gasteiger partial charge is 0.293 e. The summed E-state index contributed by atoms with van der Waals surface area (Å²) < 4.78 is 26.3. The summed E-state index contributed by atoms with van der Waals surface area (Å²) in [5, 5.41) is 10.8. The Bertz CT molecular complexity index is 580. The number of nitrogen functional groups attached to an aromatic ring is 1. The summed E-state index contributed by atoms with van der Waals surface area (Å²) in [5.41, 5.74) is 5.04. The van der Waals surface area contributed by atoms with E-state index in [1.807, 2.05) is 13.8 Å². The van der Waals surface area contributed by atoms with Crippen LogP contribution in [0.4, 0.5) is 11.4 Å². The molecule has 0 aromatic heterocycles. The van der Waals surface area contributed by atoms with Gasteiger partial charge in [-0.05, 0) is 25.0 Å². The van der Waals surface area contributed by atoms with Crippen molar-refractivity contribution in [2.24, 2.45) is 0 Å². The van der Waals surface area contributed by atoms with Gasteiger partial charge in [-0.3, -0.25) is 10.1 Å². The minimum atomic E-state index is -3.72. The Morgan fingerprint density at radius 1 is 1.25 bits per heavy atom. The molecule has 0 spiro atoms. The maximum atomic E-state index is 12.5. The first-order chi connectivity index (χ1) is 9.34. The molecule has 7 nitrogen and oxygen atoms in total. The number of rotatable bonds is 7. The van der Waals surface area contributed by atoms with E-state index in [1.165, 1.54) is 16.4 Å². The Kier molecular flexibility index (Phi) is 5.46. The van der Waals surface area contributed by atoms with E-state index < -0.39 is 14.9 Å². The molecule has 0 saturated carbocycles. The molecular weight excluding hydrogens is 282 g/mol. The lowest BCUT2D eigenvalue weighted by molar-refractivity contribution is -0.384. The molecular formula is C12H19N3O4S. The first-order valence-corrected chi connectivity index (χ1v) is 7.82. The van der Waals surface area contributed by atoms with Crippen LogP contribution in [0.1, 0.15) is 26.7 Å². The summed E-state index contributed by atoms with van der Waals surface area (Å²) in [4.78, 5) is 10.1. The molecule has 0 heterocycles. The Balaban J connectivity index is 3.26. The number of anilines is 1. The van der Waals surface area contributed by atoms with E-state index >= 15 is 0 Å². The Morgan fingerprint density at radius 3 is 2.25 bits per heavy atom. The van der Waals surface area contributed by atoms with Gasteiger partial charge >= 0.3 is 0 Å². The van der Waals surface area contributed by atoms with Crippen molar-refractivity contribution < 1.29 is 13.3 Å². The van der Waals surface area contributed by atoms with Gasteiger partial charge in [-0.25, -0.2) is 8.42 Å². The number of hydrogen-bond donors (Lipinski definition) is 1. The standard InChI is InChI=1S/C12H19N3O4S/c1-3-7-14(8-4-2)20(18,19)10-5-6-11(13)12(9-10)15(16)17/h5-6,9H,3-4,7-8,13H2,1-2H3. The Morgan fingerprint density at radius 2 is 1.80 bits per heavy atom. The van der Waals surface area contributed by atoms with Crippen molar-refractivity contribution in [2.45, 2.75) is 31.6 Å². The summed E-state index contributed by atoms with van der Waals surface area (Å²) in [6, 6.07) is 3.57. The molecule has 1 rings (SSSR count). The van der Waals surface area contributed by atoms with E-state index in [-0.39, 0.29) is 16.3 Å². The van der Waals surface area contributed by atoms with Gasteiger partial charge in [0.2, 0.25) is 10.0 Å². The van der Waals surface area contributed by atoms with Gasteiger partial charge in [0, 0.05) is 19.2 Å². The lowest BCUT2D eigenvalue weighted by Crippen LogP contribution is -2.32. The van der Waals surface area contributed by atoms with Crippen molar-refractivity contribution in [3.63, 3.8) is 0 Å². The Labute approximate surface area is 118 Å². The van der Waals surface area contributed by atoms with Crippen LogP contribution in [0.25, 0.3) is 0 Å². The lowest BCUT2D eigenvalue weighted by Gasteiger charge is -2.20. The highest BCUT2D eigenvalue weighted by atomic mass is 32.2. The highest BCUT2D eigenvalue weighted by Gasteiger charge is 2.25. The first kappa shape index (κ1) is 16.4. The molecule has 0 fully saturated rings. The summed E-state index contributed by atoms with van der Waals surface area (Å²) in [6.45, 7) is 4.52. The van der Waals surface area contributed by atoms with Crippen molar-refractivity contribution >= 4 is 21.4 Å². The first-order valence-electron chi connectivity index (χ1n) is 6.38. The van der Waals surface area contributed by atoms with E-state index in [1.54, 1.807) is 0 Å². The number of benzene rings is 1. The third-order valence-electron chi connectivity index (χ3n) is 2.78. The quantitative estimate of drug-likeness (QED) is 0.471. The number of nitro groups is 1. The van der Waals surface area contributed by atoms with Crippen LogP contribution in [0, 0.1) is 10.1 Å². The average Bonchev–Trinajstić information content (AvgIpc) is 2.38. The van der Waals surface area contributed by atoms with Gasteiger partial charge in [0.1, 0.15) is 5.69 Å². The molecule has 1 aromatic carbocycles. The molecule has 0 aliphatic rings. The van der Waals surface area contributed by atoms with Crippen LogP contribution in [-0.2, 0) is 10.0 Å². The highest BCUT2D eigenvalue weighted by Crippen LogP contribution is 2.26. The van der Waals surface area contributed by atoms with Crippen molar-refractivity contribution in [3.05, 3.63) is 28.3 Å². The van der Waals surface area contributed by atoms with Crippen molar-refractivity contribution in [3.8, 4) is 0 Å². The van der Waals surface area contributed by atoms with Crippen molar-refractivity contribution in [1.29, 1.82) is 0 Å². The molecule has 0 aliphatic carbocycles. The monoisotopic (exact) mass is 301 g/mol. The fourth-order valence-corrected chi connectivity index (χ4v) is 3.49. The molecule has 0 aliphatic heterocycles. The van der Waals surface area contributed by atoms with Crippen molar-refractivity contribution in [1.82, 2.24) is 4.31 Å². The van der Waals surface area contributed by atoms with E-state index in [0.29, 0.717) is 25.9 Å². The zero-order chi connectivity index (χ0) is 15.3. The fourth-order valence-electron chi connectivity index (χ4n) is 1.84. The molecule has 2 N–H and O–H groups in total. The molecule has 0 atom stereocenters. The molecule has 0 bridgehead atoms. The van der Waals surface area contributed by atoms with Gasteiger partial charge in [-0.15, -0.1) is 0 Å². The second kappa shape index (κ2) is 6.67. The number of nitrogens with zero attached hydrogens (tertiary/aromatic N) is 2. The largest absolute Gasteiger partial charge is 0.393 e. The summed E-state index contributed by atoms with van der Waals surface area (Å²) in [6.07, 6.45) is 1.35. The van der Waals surface area contributed by atoms with Crippen LogP contribution < -0.4 is 5.73 Å². The van der Waals surface area contributed by atoms with Crippen molar-refractivity contribution in [2.75, 3.05) is 18.8 Å². The summed E-state index contributed by atoms with van der Waals surface area (Å²) in [7, 11) is -3.72. The van der Waals surface area contributed by atoms with E-state index in [0.717, 1.165) is 6.07 Å². The zero-order valence-electron chi connectivity index (χ0n) is 11.6. The third kappa shape index (κ3) is 3.45. The lowest BCUT2D eigenvalue weighted by atomic mass is 10.3. The van der Waals surface area contributed by atoms with Gasteiger partial charge in [0.25, 0.3) is 5.69 Å². The second-order valence-corrected chi connectivity index (χ2v) is 6.32. The summed E-state index contributed by atoms with van der Waals surface area (Å²) in [5.74, 6) is 0. The highest BCUT2D eigenvalue weighted by molar-refractivity contribution is 7.89. The predicted molar refractivity (Wildman–Crippen MR) is 76.8 cm³/mol. The van der Waals surface area contributed by atoms with E-state index in [4.69, 9.17) is 5.73 Å². The molecule has 0 radical (unpaired) electrons. The molecule has 20 heavy (non-hydrogen) atoms. The van der Waals surface area contributed by atoms with Crippen LogP contribution in [0.5, 0.6) is 0 Å². The minimum absolute atomic E-state index is 0.0496. The fraction of sp³-hybridized carbons (Fsp3) is 0.500. The Hall–Kier alpha value is -1.67. The molecule has 0 unspecified atom stereocenters. The average molecular weight is 301 g/mol. The van der Waals surface area contributed by atoms with E-state index in [2.05, 4.69) is 0 Å². The number of nitro benzene ring substituents is 1. The zero-order valence-corrected chi connectivity index (χ0v) is 12.4. The summed E-state index contributed by atoms with van der Waals surface area (Å²) >= 11 is 0. The molecule has 0 amide bonds. The normalized spacial score (nSPS) is 11.8. The van der Waals surface area contributed by atoms with Gasteiger partial charge in [-0.1, -0.05) is 13.8 Å². The topological polar surface area (TPSA) is 107 Å². The van der Waals surface area contributed by atoms with Gasteiger partial charge in [-0.2, -0.15) is 4.31 Å². The van der Waals surface area contributed by atoms with Crippen LogP contribution in [0.2, 0.25) is 0 Å². The van der Waals surface area contributed by atoms with Crippen LogP contribution in [0.3, 0.4) is 0 Å². The number of sulfonamides is 1. The maximum absolute atomic E-state index is 12.5. The number of nitrogens with two attached hydrogens (primary N) is 1. The van der Waals surface area contributed by atoms with E-state index in [9.17, 15) is 18.5 Å². The molecule has 0 saturated heterocycles. The second-order valence-electron chi connectivity index (χ2n) is 4.38. The molecule has 1 aromatic rings. The molecule has 8 heteroatoms. The van der Waals surface area contributed by atoms with Gasteiger partial charge in [0.15, 0.2) is 0 Å². The van der Waals surface area contributed by atoms with Crippen LogP contribution >= 0.6 is 0 Å². The van der Waals surface area contributed by atoms with Crippen LogP contribution in [0.15, 0.2) is 23.1 Å². The molecule has 112 valence electrons. The third-order valence-corrected chi connectivity index (χ3v) is 4.68. The van der Waals surface area contributed by atoms with Gasteiger partial charge in [0.05, 0.1) is 9.82 Å². The van der Waals surface area contributed by atoms with Gasteiger partial charge < -0.3 is 5.73 Å². The number of hydrogen-bond acceptors (Lipinski definition) is 5. The SMILES string of the molecule is CCCN(CCC)S(=O)(=O)c1ccc(N)c([N+](=O)[O-])c1.